The van der Waals surface area contributed by atoms with Gasteiger partial charge in [-0.05, 0) is 76.3 Å². The van der Waals surface area contributed by atoms with E-state index in [1.807, 2.05) is 26.2 Å². The Morgan fingerprint density at radius 2 is 1.69 bits per heavy atom. The molecule has 0 spiro atoms. The number of amides is 1. The van der Waals surface area contributed by atoms with Gasteiger partial charge in [0.2, 0.25) is 10.0 Å². The van der Waals surface area contributed by atoms with E-state index < -0.39 is 10.0 Å². The summed E-state index contributed by atoms with van der Waals surface area (Å²) in [7, 11) is 0.418. The van der Waals surface area contributed by atoms with Gasteiger partial charge in [-0.15, -0.1) is 12.4 Å². The second-order valence-electron chi connectivity index (χ2n) is 9.04. The van der Waals surface area contributed by atoms with E-state index in [0.717, 1.165) is 43.3 Å². The number of para-hydroxylation sites is 1. The number of thiazole rings is 1. The predicted octanol–water partition coefficient (Wildman–Crippen LogP) is 5.53. The van der Waals surface area contributed by atoms with Crippen LogP contribution >= 0.6 is 35.3 Å². The number of benzene rings is 2. The van der Waals surface area contributed by atoms with Crippen LogP contribution in [0.4, 0.5) is 5.13 Å². The third-order valence-corrected chi connectivity index (χ3v) is 9.39. The minimum absolute atomic E-state index is 0. The van der Waals surface area contributed by atoms with Crippen molar-refractivity contribution in [3.05, 3.63) is 53.1 Å². The number of hydrogen-bond acceptors (Lipinski definition) is 6. The quantitative estimate of drug-likeness (QED) is 0.355. The normalized spacial score (nSPS) is 15.0. The lowest BCUT2D eigenvalue weighted by Crippen LogP contribution is -2.34. The van der Waals surface area contributed by atoms with Gasteiger partial charge in [-0.25, -0.2) is 13.4 Å². The topological polar surface area (TPSA) is 73.8 Å². The maximum atomic E-state index is 13.6. The predicted molar refractivity (Wildman–Crippen MR) is 150 cm³/mol. The molecule has 4 rings (SSSR count). The molecule has 7 nitrogen and oxygen atoms in total. The second kappa shape index (κ2) is 12.7. The standard InChI is InChI=1S/C25H31ClN4O3S2.ClH/c1-28(2)15-8-18-30(25-27-23-21(26)9-7-10-22(23)34-25)24(31)19-11-13-20(14-12-19)35(32,33)29-16-5-3-4-6-17-29;/h7,9-14H,3-6,8,15-18H2,1-2H3;1H. The average Bonchev–Trinajstić information content (AvgIpc) is 3.07. The van der Waals surface area contributed by atoms with Crippen molar-refractivity contribution in [3.8, 4) is 0 Å². The maximum absolute atomic E-state index is 13.6. The summed E-state index contributed by atoms with van der Waals surface area (Å²) in [5, 5.41) is 1.13. The summed E-state index contributed by atoms with van der Waals surface area (Å²) in [5.74, 6) is -0.211. The molecule has 2 aromatic carbocycles. The zero-order valence-electron chi connectivity index (χ0n) is 20.5. The number of carbonyl (C=O) groups excluding carboxylic acids is 1. The van der Waals surface area contributed by atoms with E-state index >= 15 is 0 Å². The summed E-state index contributed by atoms with van der Waals surface area (Å²) in [5.41, 5.74) is 1.11. The number of aromatic nitrogens is 1. The monoisotopic (exact) mass is 570 g/mol. The summed E-state index contributed by atoms with van der Waals surface area (Å²) >= 11 is 7.75. The van der Waals surface area contributed by atoms with E-state index in [1.54, 1.807) is 39.5 Å². The number of halogens is 2. The molecule has 196 valence electrons. The van der Waals surface area contributed by atoms with Crippen LogP contribution in [0.15, 0.2) is 47.4 Å². The number of sulfonamides is 1. The van der Waals surface area contributed by atoms with Crippen LogP contribution < -0.4 is 4.90 Å². The van der Waals surface area contributed by atoms with Crippen LogP contribution in [0.5, 0.6) is 0 Å². The van der Waals surface area contributed by atoms with Gasteiger partial charge in [0.05, 0.1) is 14.6 Å². The lowest BCUT2D eigenvalue weighted by molar-refractivity contribution is 0.0986. The fraction of sp³-hybridized carbons (Fsp3) is 0.440. The van der Waals surface area contributed by atoms with Gasteiger partial charge in [0.25, 0.3) is 5.91 Å². The van der Waals surface area contributed by atoms with Crippen molar-refractivity contribution in [2.24, 2.45) is 0 Å². The lowest BCUT2D eigenvalue weighted by atomic mass is 10.2. The fourth-order valence-corrected chi connectivity index (χ4v) is 7.01. The van der Waals surface area contributed by atoms with Gasteiger partial charge in [-0.3, -0.25) is 9.69 Å². The van der Waals surface area contributed by atoms with Gasteiger partial charge in [0.15, 0.2) is 5.13 Å². The number of fused-ring (bicyclic) bond motifs is 1. The summed E-state index contributed by atoms with van der Waals surface area (Å²) in [6.45, 7) is 2.40. The highest BCUT2D eigenvalue weighted by Crippen LogP contribution is 2.33. The number of hydrogen-bond donors (Lipinski definition) is 0. The van der Waals surface area contributed by atoms with Crippen LogP contribution in [0.3, 0.4) is 0 Å². The molecule has 0 atom stereocenters. The Labute approximate surface area is 228 Å². The zero-order valence-corrected chi connectivity index (χ0v) is 23.7. The molecule has 11 heteroatoms. The average molecular weight is 572 g/mol. The summed E-state index contributed by atoms with van der Waals surface area (Å²) in [6, 6.07) is 11.9. The highest BCUT2D eigenvalue weighted by atomic mass is 35.5. The van der Waals surface area contributed by atoms with Gasteiger partial charge in [0.1, 0.15) is 5.52 Å². The lowest BCUT2D eigenvalue weighted by Gasteiger charge is -2.22. The highest BCUT2D eigenvalue weighted by molar-refractivity contribution is 7.89. The minimum atomic E-state index is -3.57. The molecule has 1 aromatic heterocycles. The van der Waals surface area contributed by atoms with Crippen LogP contribution in [0.2, 0.25) is 5.02 Å². The van der Waals surface area contributed by atoms with Crippen LogP contribution in [0.25, 0.3) is 10.2 Å². The van der Waals surface area contributed by atoms with Gasteiger partial charge in [-0.1, -0.05) is 41.8 Å². The second-order valence-corrected chi connectivity index (χ2v) is 12.4. The summed E-state index contributed by atoms with van der Waals surface area (Å²) < 4.78 is 28.7. The molecule has 1 fully saturated rings. The van der Waals surface area contributed by atoms with Crippen molar-refractivity contribution in [1.29, 1.82) is 0 Å². The molecule has 0 N–H and O–H groups in total. The Hall–Kier alpha value is -1.75. The molecule has 3 aromatic rings. The van der Waals surface area contributed by atoms with Gasteiger partial charge < -0.3 is 4.90 Å². The molecule has 0 radical (unpaired) electrons. The Morgan fingerprint density at radius 3 is 2.31 bits per heavy atom. The van der Waals surface area contributed by atoms with Crippen molar-refractivity contribution >= 4 is 66.6 Å². The van der Waals surface area contributed by atoms with Crippen molar-refractivity contribution in [3.63, 3.8) is 0 Å². The first-order valence-electron chi connectivity index (χ1n) is 11.9. The molecule has 1 saturated heterocycles. The third-order valence-electron chi connectivity index (χ3n) is 6.13. The van der Waals surface area contributed by atoms with Crippen LogP contribution in [0.1, 0.15) is 42.5 Å². The van der Waals surface area contributed by atoms with E-state index in [-0.39, 0.29) is 23.2 Å². The van der Waals surface area contributed by atoms with Crippen molar-refractivity contribution in [1.82, 2.24) is 14.2 Å². The van der Waals surface area contributed by atoms with E-state index in [4.69, 9.17) is 11.6 Å². The summed E-state index contributed by atoms with van der Waals surface area (Å²) in [6.07, 6.45) is 4.64. The largest absolute Gasteiger partial charge is 0.309 e. The molecule has 0 saturated carbocycles. The minimum Gasteiger partial charge on any atom is -0.309 e. The number of rotatable bonds is 8. The molecule has 0 bridgehead atoms. The molecule has 36 heavy (non-hydrogen) atoms. The number of anilines is 1. The van der Waals surface area contributed by atoms with Crippen molar-refractivity contribution in [2.45, 2.75) is 37.0 Å². The number of carbonyl (C=O) groups is 1. The highest BCUT2D eigenvalue weighted by Gasteiger charge is 2.26. The SMILES string of the molecule is CN(C)CCCN(C(=O)c1ccc(S(=O)(=O)N2CCCCCC2)cc1)c1nc2c(Cl)cccc2s1.Cl. The molecule has 1 aliphatic heterocycles. The van der Waals surface area contributed by atoms with Crippen molar-refractivity contribution < 1.29 is 13.2 Å². The number of nitrogens with zero attached hydrogens (tertiary/aromatic N) is 4. The van der Waals surface area contributed by atoms with Gasteiger partial charge >= 0.3 is 0 Å². The van der Waals surface area contributed by atoms with E-state index in [0.29, 0.717) is 40.9 Å². The Bertz CT molecular complexity index is 1270. The van der Waals surface area contributed by atoms with E-state index in [2.05, 4.69) is 9.88 Å². The first-order valence-corrected chi connectivity index (χ1v) is 14.5. The van der Waals surface area contributed by atoms with Gasteiger partial charge in [0, 0.05) is 25.2 Å². The third kappa shape index (κ3) is 6.57. The summed E-state index contributed by atoms with van der Waals surface area (Å²) in [4.78, 5) is 22.2. The van der Waals surface area contributed by atoms with Gasteiger partial charge in [-0.2, -0.15) is 4.31 Å². The fourth-order valence-electron chi connectivity index (χ4n) is 4.20. The Kier molecular flexibility index (Phi) is 10.1. The molecular weight excluding hydrogens is 539 g/mol. The molecule has 0 aliphatic carbocycles. The van der Waals surface area contributed by atoms with Crippen LogP contribution in [-0.4, -0.2) is 68.8 Å². The molecule has 2 heterocycles. The molecular formula is C25H32Cl2N4O3S2. The molecule has 1 aliphatic rings. The van der Waals surface area contributed by atoms with E-state index in [1.165, 1.54) is 11.3 Å². The smallest absolute Gasteiger partial charge is 0.260 e. The first kappa shape index (κ1) is 28.8. The molecule has 0 unspecified atom stereocenters. The Morgan fingerprint density at radius 1 is 1.03 bits per heavy atom. The zero-order chi connectivity index (χ0) is 25.0. The Balaban J connectivity index is 0.00000361. The van der Waals surface area contributed by atoms with E-state index in [9.17, 15) is 13.2 Å². The maximum Gasteiger partial charge on any atom is 0.260 e. The first-order chi connectivity index (χ1) is 16.8. The molecule has 1 amide bonds. The van der Waals surface area contributed by atoms with Crippen molar-refractivity contribution in [2.75, 3.05) is 45.2 Å². The van der Waals surface area contributed by atoms with Crippen LogP contribution in [-0.2, 0) is 10.0 Å². The van der Waals surface area contributed by atoms with Crippen LogP contribution in [0, 0.1) is 0 Å².